The number of aromatic nitrogens is 3. The van der Waals surface area contributed by atoms with Crippen molar-refractivity contribution in [1.82, 2.24) is 14.8 Å². The van der Waals surface area contributed by atoms with Crippen LogP contribution in [0.5, 0.6) is 0 Å². The maximum absolute atomic E-state index is 12.1. The fourth-order valence-electron chi connectivity index (χ4n) is 2.23. The number of hydrogen-bond acceptors (Lipinski definition) is 6. The first-order chi connectivity index (χ1) is 12.6. The van der Waals surface area contributed by atoms with E-state index in [1.165, 1.54) is 17.3 Å². The number of nitrogens with one attached hydrogen (secondary N) is 1. The van der Waals surface area contributed by atoms with Gasteiger partial charge in [-0.15, -0.1) is 11.3 Å². The molecule has 1 amide bonds. The highest BCUT2D eigenvalue weighted by atomic mass is 35.5. The second-order valence-electron chi connectivity index (χ2n) is 5.29. The molecule has 0 spiro atoms. The van der Waals surface area contributed by atoms with Gasteiger partial charge >= 0.3 is 5.97 Å². The molecule has 1 aromatic carbocycles. The van der Waals surface area contributed by atoms with Crippen LogP contribution in [0.1, 0.15) is 11.3 Å². The maximum atomic E-state index is 12.1. The highest BCUT2D eigenvalue weighted by Crippen LogP contribution is 2.23. The van der Waals surface area contributed by atoms with E-state index in [1.807, 2.05) is 17.5 Å². The minimum atomic E-state index is -0.460. The summed E-state index contributed by atoms with van der Waals surface area (Å²) in [5.74, 6) is -0.880. The summed E-state index contributed by atoms with van der Waals surface area (Å²) in [5, 5.41) is 9.12. The number of hydrogen-bond donors (Lipinski definition) is 1. The van der Waals surface area contributed by atoms with Crippen LogP contribution in [-0.4, -0.2) is 33.2 Å². The summed E-state index contributed by atoms with van der Waals surface area (Å²) >= 11 is 7.58. The van der Waals surface area contributed by atoms with Gasteiger partial charge in [0, 0.05) is 9.90 Å². The van der Waals surface area contributed by atoms with Crippen molar-refractivity contribution >= 4 is 40.5 Å². The topological polar surface area (TPSA) is 86.1 Å². The smallest absolute Gasteiger partial charge is 0.306 e. The number of amides is 1. The van der Waals surface area contributed by atoms with Gasteiger partial charge in [0.15, 0.2) is 6.61 Å². The summed E-state index contributed by atoms with van der Waals surface area (Å²) in [5.41, 5.74) is 1.05. The summed E-state index contributed by atoms with van der Waals surface area (Å²) in [4.78, 5) is 28.8. The van der Waals surface area contributed by atoms with Gasteiger partial charge in [0.1, 0.15) is 12.7 Å². The molecule has 0 fully saturated rings. The molecule has 3 aromatic rings. The normalized spacial score (nSPS) is 10.5. The highest BCUT2D eigenvalue weighted by Gasteiger charge is 2.12. The van der Waals surface area contributed by atoms with Crippen LogP contribution in [0.25, 0.3) is 5.69 Å². The lowest BCUT2D eigenvalue weighted by atomic mass is 10.2. The molecule has 0 aliphatic heterocycles. The molecule has 9 heteroatoms. The molecule has 7 nitrogen and oxygen atoms in total. The van der Waals surface area contributed by atoms with Gasteiger partial charge in [0.05, 0.1) is 17.8 Å². The first-order valence-corrected chi connectivity index (χ1v) is 9.00. The molecule has 0 radical (unpaired) electrons. The van der Waals surface area contributed by atoms with Crippen LogP contribution in [0.4, 0.5) is 5.69 Å². The summed E-state index contributed by atoms with van der Waals surface area (Å²) in [7, 11) is 0. The third-order valence-corrected chi connectivity index (χ3v) is 4.59. The van der Waals surface area contributed by atoms with Gasteiger partial charge in [-0.3, -0.25) is 9.59 Å². The lowest BCUT2D eigenvalue weighted by Gasteiger charge is -2.11. The Hall–Kier alpha value is -2.71. The van der Waals surface area contributed by atoms with Gasteiger partial charge in [-0.1, -0.05) is 17.7 Å². The summed E-state index contributed by atoms with van der Waals surface area (Å²) < 4.78 is 6.52. The number of halogens is 1. The first kappa shape index (κ1) is 18.1. The van der Waals surface area contributed by atoms with E-state index in [1.54, 1.807) is 29.5 Å². The van der Waals surface area contributed by atoms with E-state index in [0.29, 0.717) is 22.8 Å². The standard InChI is InChI=1S/C17H15ClN4O3S/c18-12-3-5-15(22-11-19-10-20-22)14(8-12)21-16(23)9-25-17(24)6-4-13-2-1-7-26-13/h1-3,5,7-8,10-11H,4,6,9H2,(H,21,23). The molecule has 0 bridgehead atoms. The molecular weight excluding hydrogens is 376 g/mol. The van der Waals surface area contributed by atoms with Crippen molar-refractivity contribution in [2.75, 3.05) is 11.9 Å². The van der Waals surface area contributed by atoms with Crippen molar-refractivity contribution < 1.29 is 14.3 Å². The molecule has 2 heterocycles. The van der Waals surface area contributed by atoms with Crippen LogP contribution in [-0.2, 0) is 20.7 Å². The number of carbonyl (C=O) groups is 2. The van der Waals surface area contributed by atoms with E-state index < -0.39 is 11.9 Å². The minimum Gasteiger partial charge on any atom is -0.456 e. The van der Waals surface area contributed by atoms with E-state index in [0.717, 1.165) is 4.88 Å². The average Bonchev–Trinajstić information content (AvgIpc) is 3.32. The van der Waals surface area contributed by atoms with E-state index in [9.17, 15) is 9.59 Å². The van der Waals surface area contributed by atoms with Gasteiger partial charge < -0.3 is 10.1 Å². The third-order valence-electron chi connectivity index (χ3n) is 3.42. The Morgan fingerprint density at radius 1 is 1.31 bits per heavy atom. The largest absolute Gasteiger partial charge is 0.456 e. The predicted octanol–water partition coefficient (Wildman–Crippen LogP) is 3.10. The Balaban J connectivity index is 1.55. The van der Waals surface area contributed by atoms with E-state index in [4.69, 9.17) is 16.3 Å². The third kappa shape index (κ3) is 4.90. The number of thiophene rings is 1. The Bertz CT molecular complexity index is 882. The van der Waals surface area contributed by atoms with Gasteiger partial charge in [-0.2, -0.15) is 5.10 Å². The van der Waals surface area contributed by atoms with Crippen LogP contribution in [0.2, 0.25) is 5.02 Å². The number of nitrogens with zero attached hydrogens (tertiary/aromatic N) is 3. The number of esters is 1. The second-order valence-corrected chi connectivity index (χ2v) is 6.76. The summed E-state index contributed by atoms with van der Waals surface area (Å²) in [6, 6.07) is 8.86. The molecule has 0 atom stereocenters. The summed E-state index contributed by atoms with van der Waals surface area (Å²) in [6.07, 6.45) is 3.72. The predicted molar refractivity (Wildman–Crippen MR) is 98.6 cm³/mol. The number of carbonyl (C=O) groups excluding carboxylic acids is 2. The molecule has 0 unspecified atom stereocenters. The van der Waals surface area contributed by atoms with Crippen molar-refractivity contribution in [2.24, 2.45) is 0 Å². The molecule has 0 saturated heterocycles. The van der Waals surface area contributed by atoms with Gasteiger partial charge in [-0.05, 0) is 36.1 Å². The average molecular weight is 391 g/mol. The molecular formula is C17H15ClN4O3S. The minimum absolute atomic E-state index is 0.231. The van der Waals surface area contributed by atoms with Gasteiger partial charge in [0.2, 0.25) is 0 Å². The molecule has 2 aromatic heterocycles. The lowest BCUT2D eigenvalue weighted by Crippen LogP contribution is -2.21. The van der Waals surface area contributed by atoms with Crippen LogP contribution < -0.4 is 5.32 Å². The van der Waals surface area contributed by atoms with Crippen LogP contribution in [0, 0.1) is 0 Å². The molecule has 26 heavy (non-hydrogen) atoms. The van der Waals surface area contributed by atoms with Crippen molar-refractivity contribution in [2.45, 2.75) is 12.8 Å². The summed E-state index contributed by atoms with van der Waals surface area (Å²) in [6.45, 7) is -0.368. The fraction of sp³-hybridized carbons (Fsp3) is 0.176. The van der Waals surface area contributed by atoms with Crippen molar-refractivity contribution in [3.8, 4) is 5.69 Å². The Morgan fingerprint density at radius 3 is 2.92 bits per heavy atom. The van der Waals surface area contributed by atoms with Crippen molar-refractivity contribution in [1.29, 1.82) is 0 Å². The van der Waals surface area contributed by atoms with Crippen LogP contribution in [0.3, 0.4) is 0 Å². The lowest BCUT2D eigenvalue weighted by molar-refractivity contribution is -0.147. The molecule has 1 N–H and O–H groups in total. The van der Waals surface area contributed by atoms with E-state index in [2.05, 4.69) is 15.4 Å². The molecule has 0 saturated carbocycles. The van der Waals surface area contributed by atoms with Gasteiger partial charge in [0.25, 0.3) is 5.91 Å². The number of aryl methyl sites for hydroxylation is 1. The first-order valence-electron chi connectivity index (χ1n) is 7.74. The Morgan fingerprint density at radius 2 is 2.19 bits per heavy atom. The quantitative estimate of drug-likeness (QED) is 0.626. The van der Waals surface area contributed by atoms with E-state index >= 15 is 0 Å². The van der Waals surface area contributed by atoms with E-state index in [-0.39, 0.29) is 13.0 Å². The highest BCUT2D eigenvalue weighted by molar-refractivity contribution is 7.09. The zero-order valence-corrected chi connectivity index (χ0v) is 15.2. The second kappa shape index (κ2) is 8.59. The van der Waals surface area contributed by atoms with Crippen LogP contribution in [0.15, 0.2) is 48.4 Å². The molecule has 134 valence electrons. The van der Waals surface area contributed by atoms with Crippen molar-refractivity contribution in [3.05, 3.63) is 58.3 Å². The number of rotatable bonds is 7. The maximum Gasteiger partial charge on any atom is 0.306 e. The monoisotopic (exact) mass is 390 g/mol. The van der Waals surface area contributed by atoms with Crippen molar-refractivity contribution in [3.63, 3.8) is 0 Å². The number of anilines is 1. The Kier molecular flexibility index (Phi) is 5.98. The molecule has 3 rings (SSSR count). The Labute approximate surface area is 158 Å². The fourth-order valence-corrected chi connectivity index (χ4v) is 3.11. The SMILES string of the molecule is O=C(COC(=O)CCc1cccs1)Nc1cc(Cl)ccc1-n1cncn1. The number of benzene rings is 1. The van der Waals surface area contributed by atoms with Crippen LogP contribution >= 0.6 is 22.9 Å². The molecule has 0 aliphatic carbocycles. The zero-order valence-electron chi connectivity index (χ0n) is 13.6. The number of ether oxygens (including phenoxy) is 1. The molecule has 0 aliphatic rings. The van der Waals surface area contributed by atoms with Gasteiger partial charge in [-0.25, -0.2) is 9.67 Å². The zero-order chi connectivity index (χ0) is 18.4.